The molecule has 2 aromatic heterocycles. The van der Waals surface area contributed by atoms with Crippen molar-refractivity contribution < 1.29 is 4.74 Å². The molecule has 1 aliphatic rings. The van der Waals surface area contributed by atoms with Crippen LogP contribution in [0.1, 0.15) is 0 Å². The minimum absolute atomic E-state index is 0.0828. The smallest absolute Gasteiger partial charge is 0.247 e. The molecular formula is C18H20N2O2Si. The monoisotopic (exact) mass is 324 g/mol. The third-order valence-corrected chi connectivity index (χ3v) is 8.19. The average Bonchev–Trinajstić information content (AvgIpc) is 2.90. The third kappa shape index (κ3) is 2.46. The van der Waals surface area contributed by atoms with Crippen LogP contribution in [0.3, 0.4) is 0 Å². The second-order valence-electron chi connectivity index (χ2n) is 6.84. The van der Waals surface area contributed by atoms with E-state index in [0.717, 1.165) is 23.9 Å². The quantitative estimate of drug-likeness (QED) is 0.700. The molecule has 2 bridgehead atoms. The number of nitrogens with one attached hydrogen (secondary N) is 1. The first kappa shape index (κ1) is 14.5. The van der Waals surface area contributed by atoms with Crippen molar-refractivity contribution in [2.75, 3.05) is 6.61 Å². The average molecular weight is 324 g/mol. The number of benzene rings is 1. The van der Waals surface area contributed by atoms with Crippen LogP contribution in [-0.4, -0.2) is 24.2 Å². The molecule has 23 heavy (non-hydrogen) atoms. The lowest BCUT2D eigenvalue weighted by Crippen LogP contribution is -2.41. The predicted octanol–water partition coefficient (Wildman–Crippen LogP) is 2.90. The first-order valence-electron chi connectivity index (χ1n) is 7.95. The van der Waals surface area contributed by atoms with Crippen LogP contribution in [0.25, 0.3) is 22.2 Å². The fourth-order valence-electron chi connectivity index (χ4n) is 3.25. The molecule has 4 nitrogen and oxygen atoms in total. The molecule has 0 spiro atoms. The Kier molecular flexibility index (Phi) is 3.28. The summed E-state index contributed by atoms with van der Waals surface area (Å²) in [7, 11) is -1.45. The molecule has 1 N–H and O–H groups in total. The summed E-state index contributed by atoms with van der Waals surface area (Å²) in [4.78, 5) is 14.1. The molecule has 0 saturated heterocycles. The number of H-pyrrole nitrogens is 1. The molecule has 3 aromatic rings. The van der Waals surface area contributed by atoms with Crippen molar-refractivity contribution in [1.82, 2.24) is 9.55 Å². The maximum absolute atomic E-state index is 11.3. The van der Waals surface area contributed by atoms with Gasteiger partial charge in [0.25, 0.3) is 0 Å². The number of pyridine rings is 1. The molecule has 0 radical (unpaired) electrons. The summed E-state index contributed by atoms with van der Waals surface area (Å²) in [5, 5.41) is 2.69. The molecule has 118 valence electrons. The van der Waals surface area contributed by atoms with Crippen molar-refractivity contribution >= 4 is 24.2 Å². The van der Waals surface area contributed by atoms with Gasteiger partial charge in [0.1, 0.15) is 6.73 Å². The zero-order valence-electron chi connectivity index (χ0n) is 13.4. The van der Waals surface area contributed by atoms with E-state index >= 15 is 0 Å². The van der Waals surface area contributed by atoms with Crippen LogP contribution in [0.4, 0.5) is 0 Å². The Labute approximate surface area is 135 Å². The van der Waals surface area contributed by atoms with Crippen molar-refractivity contribution in [1.29, 1.82) is 0 Å². The number of hydrogen-bond donors (Lipinski definition) is 1. The predicted molar refractivity (Wildman–Crippen MR) is 95.9 cm³/mol. The Morgan fingerprint density at radius 2 is 2.04 bits per heavy atom. The van der Waals surface area contributed by atoms with Crippen molar-refractivity contribution in [2.45, 2.75) is 25.9 Å². The van der Waals surface area contributed by atoms with Crippen LogP contribution in [0.2, 0.25) is 19.1 Å². The van der Waals surface area contributed by atoms with Gasteiger partial charge in [0.2, 0.25) is 5.56 Å². The van der Waals surface area contributed by atoms with Gasteiger partial charge in [-0.1, -0.05) is 30.4 Å². The molecule has 0 saturated carbocycles. The topological polar surface area (TPSA) is 47.0 Å². The minimum atomic E-state index is -1.45. The largest absolute Gasteiger partial charge is 0.361 e. The zero-order valence-corrected chi connectivity index (χ0v) is 14.4. The number of aromatic nitrogens is 2. The number of nitrogens with zero attached hydrogens (tertiary/aromatic N) is 1. The molecule has 1 aliphatic heterocycles. The summed E-state index contributed by atoms with van der Waals surface area (Å²) in [6, 6.07) is 13.6. The number of hydrogen-bond acceptors (Lipinski definition) is 2. The second-order valence-corrected chi connectivity index (χ2v) is 11.7. The van der Waals surface area contributed by atoms with Crippen molar-refractivity contribution in [3.63, 3.8) is 0 Å². The van der Waals surface area contributed by atoms with E-state index in [2.05, 4.69) is 46.9 Å². The number of aromatic amines is 1. The van der Waals surface area contributed by atoms with Gasteiger partial charge >= 0.3 is 0 Å². The lowest BCUT2D eigenvalue weighted by Gasteiger charge is -2.22. The highest BCUT2D eigenvalue weighted by Gasteiger charge is 2.25. The maximum Gasteiger partial charge on any atom is 0.247 e. The van der Waals surface area contributed by atoms with E-state index in [0.29, 0.717) is 6.73 Å². The third-order valence-electron chi connectivity index (χ3n) is 4.86. The molecule has 4 rings (SSSR count). The van der Waals surface area contributed by atoms with E-state index in [4.69, 9.17) is 4.74 Å². The SMILES string of the molecule is C[Si]1(C)CCOCn2c(-c3ccc(=O)[nH]c3)cc3ccc1cc32. The van der Waals surface area contributed by atoms with Crippen LogP contribution < -0.4 is 10.7 Å². The van der Waals surface area contributed by atoms with Gasteiger partial charge in [0, 0.05) is 29.8 Å². The van der Waals surface area contributed by atoms with Gasteiger partial charge in [0.15, 0.2) is 0 Å². The molecule has 0 amide bonds. The van der Waals surface area contributed by atoms with Crippen molar-refractivity contribution in [3.05, 3.63) is 52.9 Å². The van der Waals surface area contributed by atoms with Crippen LogP contribution in [0.15, 0.2) is 47.4 Å². The van der Waals surface area contributed by atoms with Crippen LogP contribution >= 0.6 is 0 Å². The van der Waals surface area contributed by atoms with E-state index in [9.17, 15) is 4.79 Å². The van der Waals surface area contributed by atoms with Crippen LogP contribution in [-0.2, 0) is 11.5 Å². The fourth-order valence-corrected chi connectivity index (χ4v) is 5.26. The lowest BCUT2D eigenvalue weighted by molar-refractivity contribution is 0.0915. The van der Waals surface area contributed by atoms with Crippen molar-refractivity contribution in [2.24, 2.45) is 0 Å². The molecule has 0 unspecified atom stereocenters. The van der Waals surface area contributed by atoms with Gasteiger partial charge in [0.05, 0.1) is 19.3 Å². The summed E-state index contributed by atoms with van der Waals surface area (Å²) in [6.07, 6.45) is 1.77. The summed E-state index contributed by atoms with van der Waals surface area (Å²) in [5.41, 5.74) is 3.21. The Hall–Kier alpha value is -2.11. The Morgan fingerprint density at radius 1 is 1.17 bits per heavy atom. The summed E-state index contributed by atoms with van der Waals surface area (Å²) >= 11 is 0. The zero-order chi connectivity index (χ0) is 16.0. The Balaban J connectivity index is 1.96. The molecule has 0 atom stereocenters. The van der Waals surface area contributed by atoms with Gasteiger partial charge in [-0.05, 0) is 24.2 Å². The molecule has 3 heterocycles. The van der Waals surface area contributed by atoms with Crippen molar-refractivity contribution in [3.8, 4) is 11.3 Å². The van der Waals surface area contributed by atoms with Gasteiger partial charge < -0.3 is 14.3 Å². The molecule has 0 fully saturated rings. The van der Waals surface area contributed by atoms with Gasteiger partial charge in [-0.3, -0.25) is 4.79 Å². The highest BCUT2D eigenvalue weighted by atomic mass is 28.3. The maximum atomic E-state index is 11.3. The number of fused-ring (bicyclic) bond motifs is 1. The number of rotatable bonds is 1. The van der Waals surface area contributed by atoms with E-state index in [1.165, 1.54) is 16.1 Å². The highest BCUT2D eigenvalue weighted by Crippen LogP contribution is 2.29. The van der Waals surface area contributed by atoms with Gasteiger partial charge in [-0.15, -0.1) is 0 Å². The van der Waals surface area contributed by atoms with E-state index in [-0.39, 0.29) is 5.56 Å². The Morgan fingerprint density at radius 3 is 2.83 bits per heavy atom. The first-order chi connectivity index (χ1) is 11.0. The fraction of sp³-hybridized carbons (Fsp3) is 0.278. The lowest BCUT2D eigenvalue weighted by atomic mass is 10.2. The highest BCUT2D eigenvalue weighted by molar-refractivity contribution is 6.90. The van der Waals surface area contributed by atoms with Crippen LogP contribution in [0.5, 0.6) is 0 Å². The first-order valence-corrected chi connectivity index (χ1v) is 11.2. The molecule has 1 aromatic carbocycles. The molecule has 0 aliphatic carbocycles. The molecule has 5 heteroatoms. The van der Waals surface area contributed by atoms with Gasteiger partial charge in [-0.25, -0.2) is 0 Å². The van der Waals surface area contributed by atoms with E-state index in [1.807, 2.05) is 6.07 Å². The van der Waals surface area contributed by atoms with Crippen LogP contribution in [0, 0.1) is 0 Å². The van der Waals surface area contributed by atoms with E-state index in [1.54, 1.807) is 12.3 Å². The van der Waals surface area contributed by atoms with Gasteiger partial charge in [-0.2, -0.15) is 0 Å². The summed E-state index contributed by atoms with van der Waals surface area (Å²) < 4.78 is 8.17. The summed E-state index contributed by atoms with van der Waals surface area (Å²) in [5.74, 6) is 0. The summed E-state index contributed by atoms with van der Waals surface area (Å²) in [6.45, 7) is 6.15. The standard InChI is InChI=1S/C18H20N2O2Si/c1-23(2)8-7-22-12-20-16(14-4-6-18(21)19-11-14)9-13-3-5-15(23)10-17(13)20/h3-6,9-11H,7-8,12H2,1-2H3,(H,19,21). The number of ether oxygens (including phenoxy) is 1. The second kappa shape index (κ2) is 5.21. The molecular weight excluding hydrogens is 304 g/mol. The minimum Gasteiger partial charge on any atom is -0.361 e. The van der Waals surface area contributed by atoms with E-state index < -0.39 is 8.07 Å². The normalized spacial score (nSPS) is 17.0. The Bertz CT molecular complexity index is 919.